The van der Waals surface area contributed by atoms with Crippen molar-refractivity contribution < 1.29 is 9.18 Å². The fourth-order valence-electron chi connectivity index (χ4n) is 2.51. The van der Waals surface area contributed by atoms with Crippen LogP contribution < -0.4 is 5.32 Å². The molecule has 1 atom stereocenters. The predicted molar refractivity (Wildman–Crippen MR) is 97.5 cm³/mol. The number of thiazole rings is 1. The number of aromatic nitrogens is 1. The number of rotatable bonds is 8. The summed E-state index contributed by atoms with van der Waals surface area (Å²) in [5, 5.41) is 5.73. The molecule has 0 spiro atoms. The second kappa shape index (κ2) is 8.92. The second-order valence-corrected chi connectivity index (χ2v) is 7.48. The number of carbonyl (C=O) groups is 1. The van der Waals surface area contributed by atoms with Crippen molar-refractivity contribution in [3.05, 3.63) is 41.2 Å². The fraction of sp³-hybridized carbons (Fsp3) is 0.474. The van der Waals surface area contributed by atoms with E-state index in [-0.39, 0.29) is 24.2 Å². The van der Waals surface area contributed by atoms with Gasteiger partial charge in [0.25, 0.3) is 0 Å². The van der Waals surface area contributed by atoms with E-state index >= 15 is 0 Å². The van der Waals surface area contributed by atoms with Gasteiger partial charge in [-0.3, -0.25) is 4.79 Å². The van der Waals surface area contributed by atoms with E-state index in [1.54, 1.807) is 12.1 Å². The third-order valence-electron chi connectivity index (χ3n) is 3.81. The lowest BCUT2D eigenvalue weighted by Gasteiger charge is -2.14. The zero-order valence-corrected chi connectivity index (χ0v) is 15.3. The van der Waals surface area contributed by atoms with Crippen molar-refractivity contribution in [3.8, 4) is 10.6 Å². The van der Waals surface area contributed by atoms with E-state index in [0.29, 0.717) is 5.92 Å². The molecule has 0 aliphatic heterocycles. The van der Waals surface area contributed by atoms with Crippen LogP contribution in [0.4, 0.5) is 4.39 Å². The molecule has 2 rings (SSSR count). The monoisotopic (exact) mass is 348 g/mol. The highest BCUT2D eigenvalue weighted by Gasteiger charge is 2.11. The summed E-state index contributed by atoms with van der Waals surface area (Å²) >= 11 is 1.47. The highest BCUT2D eigenvalue weighted by Crippen LogP contribution is 2.24. The molecule has 0 radical (unpaired) electrons. The minimum Gasteiger partial charge on any atom is -0.353 e. The summed E-state index contributed by atoms with van der Waals surface area (Å²) in [6.45, 7) is 6.47. The molecule has 3 nitrogen and oxygen atoms in total. The Balaban J connectivity index is 1.83. The number of halogens is 1. The van der Waals surface area contributed by atoms with Crippen LogP contribution in [0, 0.1) is 11.7 Å². The van der Waals surface area contributed by atoms with Gasteiger partial charge in [-0.25, -0.2) is 9.37 Å². The Kier molecular flexibility index (Phi) is 6.91. The van der Waals surface area contributed by atoms with E-state index in [4.69, 9.17) is 0 Å². The summed E-state index contributed by atoms with van der Waals surface area (Å²) in [6.07, 6.45) is 3.60. The first-order valence-electron chi connectivity index (χ1n) is 8.43. The van der Waals surface area contributed by atoms with Crippen molar-refractivity contribution in [2.45, 2.75) is 52.5 Å². The van der Waals surface area contributed by atoms with Crippen LogP contribution in [-0.4, -0.2) is 16.9 Å². The number of nitrogens with zero attached hydrogens (tertiary/aromatic N) is 1. The molecule has 1 aromatic heterocycles. The quantitative estimate of drug-likeness (QED) is 0.743. The number of hydrogen-bond donors (Lipinski definition) is 1. The lowest BCUT2D eigenvalue weighted by atomic mass is 10.0. The minimum absolute atomic E-state index is 0.00278. The molecule has 0 fully saturated rings. The van der Waals surface area contributed by atoms with Gasteiger partial charge in [0.1, 0.15) is 10.8 Å². The van der Waals surface area contributed by atoms with Crippen molar-refractivity contribution in [3.63, 3.8) is 0 Å². The zero-order valence-electron chi connectivity index (χ0n) is 14.5. The molecule has 130 valence electrons. The van der Waals surface area contributed by atoms with Crippen molar-refractivity contribution in [2.75, 3.05) is 0 Å². The molecule has 1 N–H and O–H groups in total. The van der Waals surface area contributed by atoms with Crippen molar-refractivity contribution >= 4 is 17.2 Å². The van der Waals surface area contributed by atoms with E-state index in [1.165, 1.54) is 29.9 Å². The topological polar surface area (TPSA) is 42.0 Å². The van der Waals surface area contributed by atoms with Crippen LogP contribution >= 0.6 is 11.3 Å². The van der Waals surface area contributed by atoms with Gasteiger partial charge < -0.3 is 5.32 Å². The highest BCUT2D eigenvalue weighted by molar-refractivity contribution is 7.13. The van der Waals surface area contributed by atoms with Crippen LogP contribution in [0.1, 0.15) is 45.7 Å². The van der Waals surface area contributed by atoms with Crippen LogP contribution in [0.2, 0.25) is 0 Å². The summed E-state index contributed by atoms with van der Waals surface area (Å²) in [7, 11) is 0. The van der Waals surface area contributed by atoms with Gasteiger partial charge in [-0.05, 0) is 43.5 Å². The van der Waals surface area contributed by atoms with Gasteiger partial charge in [0, 0.05) is 17.0 Å². The molecule has 2 aromatic rings. The van der Waals surface area contributed by atoms with Crippen LogP contribution in [0.15, 0.2) is 29.6 Å². The van der Waals surface area contributed by atoms with E-state index in [2.05, 4.69) is 24.1 Å². The van der Waals surface area contributed by atoms with Crippen molar-refractivity contribution in [1.82, 2.24) is 10.3 Å². The molecule has 24 heavy (non-hydrogen) atoms. The van der Waals surface area contributed by atoms with Crippen LogP contribution in [0.25, 0.3) is 10.6 Å². The number of nitrogens with one attached hydrogen (secondary N) is 1. The average molecular weight is 348 g/mol. The Morgan fingerprint density at radius 1 is 1.21 bits per heavy atom. The number of carbonyl (C=O) groups excluding carboxylic acids is 1. The normalized spacial score (nSPS) is 12.4. The Morgan fingerprint density at radius 2 is 1.92 bits per heavy atom. The molecular formula is C19H25FN2OS. The summed E-state index contributed by atoms with van der Waals surface area (Å²) in [6, 6.07) is 6.43. The molecule has 0 aliphatic carbocycles. The summed E-state index contributed by atoms with van der Waals surface area (Å²) in [5.74, 6) is 0.442. The van der Waals surface area contributed by atoms with Gasteiger partial charge in [0.05, 0.1) is 12.1 Å². The molecule has 0 saturated carbocycles. The molecule has 0 bridgehead atoms. The van der Waals surface area contributed by atoms with E-state index in [1.807, 2.05) is 12.3 Å². The molecule has 1 heterocycles. The molecular weight excluding hydrogens is 323 g/mol. The lowest BCUT2D eigenvalue weighted by Crippen LogP contribution is -2.33. The van der Waals surface area contributed by atoms with Gasteiger partial charge in [0.2, 0.25) is 5.91 Å². The smallest absolute Gasteiger partial charge is 0.226 e. The van der Waals surface area contributed by atoms with Gasteiger partial charge in [-0.15, -0.1) is 11.3 Å². The molecule has 5 heteroatoms. The Hall–Kier alpha value is -1.75. The third kappa shape index (κ3) is 6.04. The number of amides is 1. The first-order valence-corrected chi connectivity index (χ1v) is 9.31. The Bertz CT molecular complexity index is 652. The van der Waals surface area contributed by atoms with Crippen LogP contribution in [0.5, 0.6) is 0 Å². The molecule has 0 aliphatic rings. The SMILES string of the molecule is CC(C)CCCC(C)NC(=O)Cc1csc(-c2ccc(F)cc2)n1. The Morgan fingerprint density at radius 3 is 2.58 bits per heavy atom. The minimum atomic E-state index is -0.263. The standard InChI is InChI=1S/C19H25FN2OS/c1-13(2)5-4-6-14(3)21-18(23)11-17-12-24-19(22-17)15-7-9-16(20)10-8-15/h7-10,12-14H,4-6,11H2,1-3H3,(H,21,23). The average Bonchev–Trinajstić information content (AvgIpc) is 2.95. The molecule has 1 unspecified atom stereocenters. The van der Waals surface area contributed by atoms with Crippen molar-refractivity contribution in [1.29, 1.82) is 0 Å². The predicted octanol–water partition coefficient (Wildman–Crippen LogP) is 4.82. The van der Waals surface area contributed by atoms with Gasteiger partial charge in [-0.2, -0.15) is 0 Å². The van der Waals surface area contributed by atoms with Crippen molar-refractivity contribution in [2.24, 2.45) is 5.92 Å². The molecule has 1 amide bonds. The summed E-state index contributed by atoms with van der Waals surface area (Å²) in [5.41, 5.74) is 1.63. The van der Waals surface area contributed by atoms with Crippen LogP contribution in [0.3, 0.4) is 0 Å². The highest BCUT2D eigenvalue weighted by atomic mass is 32.1. The molecule has 0 saturated heterocycles. The van der Waals surface area contributed by atoms with Gasteiger partial charge in [-0.1, -0.05) is 26.7 Å². The first kappa shape index (κ1) is 18.6. The van der Waals surface area contributed by atoms with Crippen LogP contribution in [-0.2, 0) is 11.2 Å². The Labute approximate surface area is 147 Å². The third-order valence-corrected chi connectivity index (χ3v) is 4.75. The van der Waals surface area contributed by atoms with Gasteiger partial charge in [0.15, 0.2) is 0 Å². The first-order chi connectivity index (χ1) is 11.4. The molecule has 1 aromatic carbocycles. The fourth-order valence-corrected chi connectivity index (χ4v) is 3.33. The number of benzene rings is 1. The largest absolute Gasteiger partial charge is 0.353 e. The summed E-state index contributed by atoms with van der Waals surface area (Å²) in [4.78, 5) is 16.6. The van der Waals surface area contributed by atoms with E-state index < -0.39 is 0 Å². The zero-order chi connectivity index (χ0) is 17.5. The summed E-state index contributed by atoms with van der Waals surface area (Å²) < 4.78 is 13.0. The maximum Gasteiger partial charge on any atom is 0.226 e. The maximum absolute atomic E-state index is 13.0. The second-order valence-electron chi connectivity index (χ2n) is 6.62. The lowest BCUT2D eigenvalue weighted by molar-refractivity contribution is -0.121. The maximum atomic E-state index is 13.0. The number of hydrogen-bond acceptors (Lipinski definition) is 3. The van der Waals surface area contributed by atoms with Gasteiger partial charge >= 0.3 is 0 Å². The van der Waals surface area contributed by atoms with E-state index in [9.17, 15) is 9.18 Å². The van der Waals surface area contributed by atoms with E-state index in [0.717, 1.165) is 29.1 Å².